The first kappa shape index (κ1) is 15.8. The van der Waals surface area contributed by atoms with Crippen LogP contribution in [0.3, 0.4) is 0 Å². The van der Waals surface area contributed by atoms with Crippen molar-refractivity contribution in [3.8, 4) is 6.07 Å². The highest BCUT2D eigenvalue weighted by molar-refractivity contribution is 5.82. The number of aryl methyl sites for hydroxylation is 2. The van der Waals surface area contributed by atoms with Crippen LogP contribution in [0.2, 0.25) is 0 Å². The summed E-state index contributed by atoms with van der Waals surface area (Å²) in [4.78, 5) is 14.1. The second-order valence-electron chi connectivity index (χ2n) is 6.42. The average molecular weight is 310 g/mol. The van der Waals surface area contributed by atoms with Crippen molar-refractivity contribution in [2.45, 2.75) is 39.7 Å². The number of rotatable bonds is 5. The van der Waals surface area contributed by atoms with Crippen LogP contribution in [0.15, 0.2) is 27.4 Å². The Morgan fingerprint density at radius 2 is 2.04 bits per heavy atom. The summed E-state index contributed by atoms with van der Waals surface area (Å²) in [6.45, 7) is 6.23. The molecule has 0 N–H and O–H groups in total. The molecule has 1 atom stereocenters. The molecule has 0 amide bonds. The molecular formula is C19H22N2O2. The highest BCUT2D eigenvalue weighted by Crippen LogP contribution is 2.29. The van der Waals surface area contributed by atoms with Crippen LogP contribution in [0.5, 0.6) is 0 Å². The van der Waals surface area contributed by atoms with Gasteiger partial charge in [-0.3, -0.25) is 4.90 Å². The largest absolute Gasteiger partial charge is 0.423 e. The summed E-state index contributed by atoms with van der Waals surface area (Å²) in [5.74, 6) is -0.0226. The third kappa shape index (κ3) is 3.30. The standard InChI is InChI=1S/C19H22N2O2/c1-3-21(11-13(2)10-20)12-16-9-19(22)23-18-8-15-6-4-5-14(15)7-17(16)18/h7-9,13H,3-6,11-12H2,1-2H3/t13-/m1/s1. The number of hydrogen-bond donors (Lipinski definition) is 0. The molecule has 4 nitrogen and oxygen atoms in total. The van der Waals surface area contributed by atoms with Gasteiger partial charge in [0.1, 0.15) is 5.58 Å². The fourth-order valence-electron chi connectivity index (χ4n) is 3.40. The maximum Gasteiger partial charge on any atom is 0.336 e. The summed E-state index contributed by atoms with van der Waals surface area (Å²) >= 11 is 0. The van der Waals surface area contributed by atoms with Crippen molar-refractivity contribution in [1.82, 2.24) is 4.90 Å². The van der Waals surface area contributed by atoms with Crippen LogP contribution in [-0.2, 0) is 19.4 Å². The Morgan fingerprint density at radius 3 is 2.74 bits per heavy atom. The van der Waals surface area contributed by atoms with E-state index < -0.39 is 0 Å². The predicted octanol–water partition coefficient (Wildman–Crippen LogP) is 3.26. The van der Waals surface area contributed by atoms with Gasteiger partial charge in [0.05, 0.1) is 12.0 Å². The van der Waals surface area contributed by atoms with Crippen molar-refractivity contribution < 1.29 is 4.42 Å². The topological polar surface area (TPSA) is 57.2 Å². The van der Waals surface area contributed by atoms with Crippen LogP contribution in [0.25, 0.3) is 11.0 Å². The van der Waals surface area contributed by atoms with Crippen molar-refractivity contribution in [3.05, 3.63) is 45.3 Å². The Bertz CT molecular complexity index is 816. The van der Waals surface area contributed by atoms with E-state index in [1.807, 2.05) is 13.0 Å². The zero-order valence-corrected chi connectivity index (χ0v) is 13.8. The van der Waals surface area contributed by atoms with Crippen LogP contribution in [0.1, 0.15) is 37.0 Å². The highest BCUT2D eigenvalue weighted by atomic mass is 16.4. The molecule has 3 rings (SSSR count). The lowest BCUT2D eigenvalue weighted by atomic mass is 10.0. The first-order chi connectivity index (χ1) is 11.1. The lowest BCUT2D eigenvalue weighted by Crippen LogP contribution is -2.28. The Hall–Kier alpha value is -2.12. The van der Waals surface area contributed by atoms with Crippen molar-refractivity contribution >= 4 is 11.0 Å². The first-order valence-electron chi connectivity index (χ1n) is 8.31. The number of nitriles is 1. The molecular weight excluding hydrogens is 288 g/mol. The summed E-state index contributed by atoms with van der Waals surface area (Å²) in [5.41, 5.74) is 4.08. The minimum absolute atomic E-state index is 0.0226. The van der Waals surface area contributed by atoms with Crippen LogP contribution in [-0.4, -0.2) is 18.0 Å². The van der Waals surface area contributed by atoms with Gasteiger partial charge in [0, 0.05) is 24.5 Å². The number of nitrogens with zero attached hydrogens (tertiary/aromatic N) is 2. The fraction of sp³-hybridized carbons (Fsp3) is 0.474. The molecule has 0 aliphatic heterocycles. The Labute approximate surface area is 136 Å². The highest BCUT2D eigenvalue weighted by Gasteiger charge is 2.17. The van der Waals surface area contributed by atoms with Gasteiger partial charge in [0.2, 0.25) is 0 Å². The van der Waals surface area contributed by atoms with Crippen molar-refractivity contribution in [2.24, 2.45) is 5.92 Å². The Morgan fingerprint density at radius 1 is 1.30 bits per heavy atom. The minimum atomic E-state index is -0.296. The molecule has 0 unspecified atom stereocenters. The first-order valence-corrected chi connectivity index (χ1v) is 8.31. The summed E-state index contributed by atoms with van der Waals surface area (Å²) in [5, 5.41) is 10.1. The smallest absolute Gasteiger partial charge is 0.336 e. The van der Waals surface area contributed by atoms with E-state index in [0.717, 1.165) is 30.3 Å². The molecule has 0 radical (unpaired) electrons. The molecule has 2 aromatic rings. The lowest BCUT2D eigenvalue weighted by molar-refractivity contribution is 0.261. The normalized spacial score (nSPS) is 14.9. The number of hydrogen-bond acceptors (Lipinski definition) is 4. The van der Waals surface area contributed by atoms with Gasteiger partial charge in [-0.15, -0.1) is 0 Å². The molecule has 4 heteroatoms. The quantitative estimate of drug-likeness (QED) is 0.795. The van der Waals surface area contributed by atoms with E-state index in [1.54, 1.807) is 6.07 Å². The van der Waals surface area contributed by atoms with E-state index in [0.29, 0.717) is 18.7 Å². The third-order valence-electron chi connectivity index (χ3n) is 4.64. The molecule has 1 aliphatic carbocycles. The number of fused-ring (bicyclic) bond motifs is 2. The Balaban J connectivity index is 1.99. The molecule has 1 aromatic heterocycles. The zero-order valence-electron chi connectivity index (χ0n) is 13.8. The molecule has 1 heterocycles. The average Bonchev–Trinajstić information content (AvgIpc) is 2.99. The van der Waals surface area contributed by atoms with E-state index in [4.69, 9.17) is 9.68 Å². The van der Waals surface area contributed by atoms with E-state index in [1.165, 1.54) is 17.5 Å². The van der Waals surface area contributed by atoms with Gasteiger partial charge >= 0.3 is 5.63 Å². The monoisotopic (exact) mass is 310 g/mol. The lowest BCUT2D eigenvalue weighted by Gasteiger charge is -2.22. The van der Waals surface area contributed by atoms with Crippen LogP contribution in [0.4, 0.5) is 0 Å². The van der Waals surface area contributed by atoms with E-state index in [2.05, 4.69) is 24.0 Å². The number of benzene rings is 1. The van der Waals surface area contributed by atoms with Gasteiger partial charge in [-0.1, -0.05) is 6.92 Å². The van der Waals surface area contributed by atoms with E-state index in [-0.39, 0.29) is 11.5 Å². The predicted molar refractivity (Wildman–Crippen MR) is 90.2 cm³/mol. The van der Waals surface area contributed by atoms with Gasteiger partial charge in [-0.2, -0.15) is 5.26 Å². The fourth-order valence-corrected chi connectivity index (χ4v) is 3.40. The zero-order chi connectivity index (χ0) is 16.4. The van der Waals surface area contributed by atoms with Gasteiger partial charge < -0.3 is 4.42 Å². The van der Waals surface area contributed by atoms with E-state index >= 15 is 0 Å². The summed E-state index contributed by atoms with van der Waals surface area (Å²) in [7, 11) is 0. The van der Waals surface area contributed by atoms with Crippen LogP contribution < -0.4 is 5.63 Å². The third-order valence-corrected chi connectivity index (χ3v) is 4.64. The summed E-state index contributed by atoms with van der Waals surface area (Å²) in [6.07, 6.45) is 3.35. The van der Waals surface area contributed by atoms with Gasteiger partial charge in [-0.05, 0) is 61.6 Å². The molecule has 0 saturated carbocycles. The Kier molecular flexibility index (Phi) is 4.49. The van der Waals surface area contributed by atoms with Crippen LogP contribution in [0, 0.1) is 17.2 Å². The van der Waals surface area contributed by atoms with Crippen molar-refractivity contribution in [3.63, 3.8) is 0 Å². The maximum atomic E-state index is 11.9. The van der Waals surface area contributed by atoms with Crippen LogP contribution >= 0.6 is 0 Å². The van der Waals surface area contributed by atoms with Gasteiger partial charge in [-0.25, -0.2) is 4.79 Å². The summed E-state index contributed by atoms with van der Waals surface area (Å²) < 4.78 is 5.42. The molecule has 1 aliphatic rings. The molecule has 0 bridgehead atoms. The second-order valence-corrected chi connectivity index (χ2v) is 6.42. The maximum absolute atomic E-state index is 11.9. The van der Waals surface area contributed by atoms with E-state index in [9.17, 15) is 4.79 Å². The second kappa shape index (κ2) is 6.55. The molecule has 0 saturated heterocycles. The van der Waals surface area contributed by atoms with Gasteiger partial charge in [0.25, 0.3) is 0 Å². The molecule has 1 aromatic carbocycles. The minimum Gasteiger partial charge on any atom is -0.423 e. The molecule has 0 fully saturated rings. The van der Waals surface area contributed by atoms with Crippen molar-refractivity contribution in [2.75, 3.05) is 13.1 Å². The molecule has 120 valence electrons. The molecule has 23 heavy (non-hydrogen) atoms. The summed E-state index contributed by atoms with van der Waals surface area (Å²) in [6, 6.07) is 8.11. The van der Waals surface area contributed by atoms with Gasteiger partial charge in [0.15, 0.2) is 0 Å². The SMILES string of the molecule is CCN(Cc1cc(=O)oc2cc3c(cc12)CCC3)C[C@H](C)C#N. The molecule has 0 spiro atoms. The van der Waals surface area contributed by atoms with Crippen molar-refractivity contribution in [1.29, 1.82) is 5.26 Å².